The molecule has 1 saturated heterocycles. The Bertz CT molecular complexity index is 934. The SMILES string of the molecule is CCc1nnc2c(N3CCN(Cc4n[nH]c5c4CCCC5)CC3)nccn12. The summed E-state index contributed by atoms with van der Waals surface area (Å²) in [6, 6.07) is 0. The fourth-order valence-corrected chi connectivity index (χ4v) is 4.34. The summed E-state index contributed by atoms with van der Waals surface area (Å²) >= 11 is 0. The van der Waals surface area contributed by atoms with E-state index in [0.717, 1.165) is 62.9 Å². The van der Waals surface area contributed by atoms with Crippen molar-refractivity contribution >= 4 is 11.5 Å². The fraction of sp³-hybridized carbons (Fsp3) is 0.579. The van der Waals surface area contributed by atoms with E-state index in [9.17, 15) is 0 Å². The fourth-order valence-electron chi connectivity index (χ4n) is 4.34. The molecule has 4 heterocycles. The van der Waals surface area contributed by atoms with E-state index in [1.165, 1.54) is 36.2 Å². The molecular formula is C19H26N8. The standard InChI is InChI=1S/C19H26N8/c1-2-17-23-24-19-18(20-7-8-27(17)19)26-11-9-25(10-12-26)13-16-14-5-3-4-6-15(14)21-22-16/h7-8H,2-6,9-13H2,1H3,(H,21,22). The Hall–Kier alpha value is -2.48. The Morgan fingerprint density at radius 2 is 1.93 bits per heavy atom. The van der Waals surface area contributed by atoms with Crippen LogP contribution in [0.2, 0.25) is 0 Å². The highest BCUT2D eigenvalue weighted by Gasteiger charge is 2.24. The minimum Gasteiger partial charge on any atom is -0.351 e. The van der Waals surface area contributed by atoms with Crippen LogP contribution in [-0.4, -0.2) is 60.9 Å². The Labute approximate surface area is 158 Å². The number of anilines is 1. The number of nitrogens with one attached hydrogen (secondary N) is 1. The topological polar surface area (TPSA) is 78.2 Å². The molecule has 27 heavy (non-hydrogen) atoms. The Kier molecular flexibility index (Phi) is 4.27. The molecule has 1 aliphatic heterocycles. The molecule has 142 valence electrons. The number of rotatable bonds is 4. The van der Waals surface area contributed by atoms with Crippen molar-refractivity contribution in [3.63, 3.8) is 0 Å². The van der Waals surface area contributed by atoms with E-state index < -0.39 is 0 Å². The second kappa shape index (κ2) is 6.92. The van der Waals surface area contributed by atoms with E-state index in [1.54, 1.807) is 0 Å². The van der Waals surface area contributed by atoms with Gasteiger partial charge in [-0.25, -0.2) is 4.98 Å². The van der Waals surface area contributed by atoms with E-state index in [-0.39, 0.29) is 0 Å². The van der Waals surface area contributed by atoms with Crippen molar-refractivity contribution in [2.45, 2.75) is 45.6 Å². The number of hydrogen-bond donors (Lipinski definition) is 1. The van der Waals surface area contributed by atoms with Gasteiger partial charge >= 0.3 is 0 Å². The average Bonchev–Trinajstić information content (AvgIpc) is 3.33. The van der Waals surface area contributed by atoms with E-state index in [2.05, 4.69) is 46.5 Å². The van der Waals surface area contributed by atoms with Crippen LogP contribution in [0.15, 0.2) is 12.4 Å². The highest BCUT2D eigenvalue weighted by atomic mass is 15.3. The molecule has 0 aromatic carbocycles. The van der Waals surface area contributed by atoms with Gasteiger partial charge in [-0.2, -0.15) is 5.10 Å². The third-order valence-electron chi connectivity index (χ3n) is 5.88. The van der Waals surface area contributed by atoms with Gasteiger partial charge in [0.15, 0.2) is 5.82 Å². The van der Waals surface area contributed by atoms with Crippen molar-refractivity contribution in [3.8, 4) is 0 Å². The molecule has 0 atom stereocenters. The van der Waals surface area contributed by atoms with Crippen molar-refractivity contribution in [1.29, 1.82) is 0 Å². The maximum absolute atomic E-state index is 4.61. The maximum Gasteiger partial charge on any atom is 0.203 e. The van der Waals surface area contributed by atoms with E-state index >= 15 is 0 Å². The van der Waals surface area contributed by atoms with Crippen LogP contribution in [-0.2, 0) is 25.8 Å². The number of aromatic nitrogens is 6. The third kappa shape index (κ3) is 2.97. The van der Waals surface area contributed by atoms with Gasteiger partial charge in [-0.15, -0.1) is 10.2 Å². The second-order valence-corrected chi connectivity index (χ2v) is 7.51. The highest BCUT2D eigenvalue weighted by molar-refractivity contribution is 5.64. The summed E-state index contributed by atoms with van der Waals surface area (Å²) in [6.45, 7) is 6.98. The monoisotopic (exact) mass is 366 g/mol. The van der Waals surface area contributed by atoms with Crippen molar-refractivity contribution in [2.24, 2.45) is 0 Å². The molecule has 3 aromatic rings. The Balaban J connectivity index is 1.28. The first-order valence-electron chi connectivity index (χ1n) is 10.0. The normalized spacial score (nSPS) is 18.2. The first-order chi connectivity index (χ1) is 13.3. The average molecular weight is 366 g/mol. The molecule has 3 aromatic heterocycles. The van der Waals surface area contributed by atoms with Gasteiger partial charge in [-0.3, -0.25) is 14.4 Å². The lowest BCUT2D eigenvalue weighted by Crippen LogP contribution is -2.46. The van der Waals surface area contributed by atoms with Gasteiger partial charge < -0.3 is 4.90 Å². The molecule has 0 saturated carbocycles. The van der Waals surface area contributed by atoms with Gasteiger partial charge in [0.2, 0.25) is 5.65 Å². The largest absolute Gasteiger partial charge is 0.351 e. The number of nitrogens with zero attached hydrogens (tertiary/aromatic N) is 7. The zero-order valence-corrected chi connectivity index (χ0v) is 15.9. The first kappa shape index (κ1) is 16.7. The van der Waals surface area contributed by atoms with Crippen molar-refractivity contribution in [2.75, 3.05) is 31.1 Å². The van der Waals surface area contributed by atoms with Crippen LogP contribution in [0.25, 0.3) is 5.65 Å². The van der Waals surface area contributed by atoms with Gasteiger partial charge in [0.1, 0.15) is 5.82 Å². The molecule has 0 bridgehead atoms. The molecule has 8 heteroatoms. The summed E-state index contributed by atoms with van der Waals surface area (Å²) < 4.78 is 2.06. The van der Waals surface area contributed by atoms with Gasteiger partial charge in [0.05, 0.1) is 5.69 Å². The van der Waals surface area contributed by atoms with Gasteiger partial charge in [0, 0.05) is 57.2 Å². The van der Waals surface area contributed by atoms with Crippen molar-refractivity contribution < 1.29 is 0 Å². The molecule has 0 radical (unpaired) electrons. The molecule has 1 N–H and O–H groups in total. The molecular weight excluding hydrogens is 340 g/mol. The number of fused-ring (bicyclic) bond motifs is 2. The summed E-state index contributed by atoms with van der Waals surface area (Å²) in [5.41, 5.74) is 4.96. The molecule has 8 nitrogen and oxygen atoms in total. The Morgan fingerprint density at radius 3 is 2.78 bits per heavy atom. The zero-order valence-electron chi connectivity index (χ0n) is 15.9. The second-order valence-electron chi connectivity index (χ2n) is 7.51. The molecule has 0 spiro atoms. The van der Waals surface area contributed by atoms with E-state index in [4.69, 9.17) is 0 Å². The number of piperazine rings is 1. The predicted octanol–water partition coefficient (Wildman–Crippen LogP) is 1.61. The quantitative estimate of drug-likeness (QED) is 0.756. The van der Waals surface area contributed by atoms with E-state index in [1.807, 2.05) is 12.4 Å². The van der Waals surface area contributed by atoms with Crippen LogP contribution in [0, 0.1) is 0 Å². The first-order valence-corrected chi connectivity index (χ1v) is 10.0. The van der Waals surface area contributed by atoms with Crippen molar-refractivity contribution in [1.82, 2.24) is 34.7 Å². The summed E-state index contributed by atoms with van der Waals surface area (Å²) in [7, 11) is 0. The molecule has 2 aliphatic rings. The smallest absolute Gasteiger partial charge is 0.203 e. The van der Waals surface area contributed by atoms with Gasteiger partial charge in [0.25, 0.3) is 0 Å². The lowest BCUT2D eigenvalue weighted by molar-refractivity contribution is 0.246. The Morgan fingerprint density at radius 1 is 1.07 bits per heavy atom. The van der Waals surface area contributed by atoms with Crippen LogP contribution in [0.3, 0.4) is 0 Å². The molecule has 1 aliphatic carbocycles. The predicted molar refractivity (Wildman–Crippen MR) is 103 cm³/mol. The molecule has 0 unspecified atom stereocenters. The minimum absolute atomic E-state index is 0.865. The highest BCUT2D eigenvalue weighted by Crippen LogP contribution is 2.24. The van der Waals surface area contributed by atoms with Crippen molar-refractivity contribution in [3.05, 3.63) is 35.2 Å². The molecule has 5 rings (SSSR count). The molecule has 1 fully saturated rings. The summed E-state index contributed by atoms with van der Waals surface area (Å²) in [5.74, 6) is 1.93. The number of hydrogen-bond acceptors (Lipinski definition) is 6. The van der Waals surface area contributed by atoms with E-state index in [0.29, 0.717) is 0 Å². The zero-order chi connectivity index (χ0) is 18.2. The van der Waals surface area contributed by atoms with Gasteiger partial charge in [-0.1, -0.05) is 6.92 Å². The summed E-state index contributed by atoms with van der Waals surface area (Å²) in [5, 5.41) is 16.5. The van der Waals surface area contributed by atoms with Crippen LogP contribution in [0.1, 0.15) is 42.5 Å². The van der Waals surface area contributed by atoms with Gasteiger partial charge in [-0.05, 0) is 31.2 Å². The summed E-state index contributed by atoms with van der Waals surface area (Å²) in [6.07, 6.45) is 9.59. The lowest BCUT2D eigenvalue weighted by Gasteiger charge is -2.35. The number of H-pyrrole nitrogens is 1. The number of aryl methyl sites for hydroxylation is 2. The van der Waals surface area contributed by atoms with Crippen LogP contribution < -0.4 is 4.90 Å². The third-order valence-corrected chi connectivity index (χ3v) is 5.88. The number of aromatic amines is 1. The van der Waals surface area contributed by atoms with Crippen LogP contribution in [0.4, 0.5) is 5.82 Å². The van der Waals surface area contributed by atoms with Crippen LogP contribution in [0.5, 0.6) is 0 Å². The molecule has 0 amide bonds. The lowest BCUT2D eigenvalue weighted by atomic mass is 9.96. The maximum atomic E-state index is 4.61. The minimum atomic E-state index is 0.865. The van der Waals surface area contributed by atoms with Crippen LogP contribution >= 0.6 is 0 Å². The summed E-state index contributed by atoms with van der Waals surface area (Å²) in [4.78, 5) is 9.44.